The van der Waals surface area contributed by atoms with Crippen molar-refractivity contribution in [3.8, 4) is 5.75 Å². The molecule has 1 atom stereocenters. The van der Waals surface area contributed by atoms with Gasteiger partial charge in [-0.3, -0.25) is 9.59 Å². The van der Waals surface area contributed by atoms with Crippen LogP contribution in [0.15, 0.2) is 54.6 Å². The fraction of sp³-hybridized carbons (Fsp3) is 0.333. The predicted octanol–water partition coefficient (Wildman–Crippen LogP) is 1.53. The van der Waals surface area contributed by atoms with Crippen LogP contribution in [0.2, 0.25) is 0 Å². The van der Waals surface area contributed by atoms with Crippen LogP contribution in [-0.4, -0.2) is 50.0 Å². The van der Waals surface area contributed by atoms with Gasteiger partial charge in [-0.05, 0) is 11.6 Å². The van der Waals surface area contributed by atoms with Gasteiger partial charge in [0.05, 0.1) is 26.1 Å². The standard InChI is InChI=1S/C21H25N3O3/c1-27-19-10-6-5-9-17(19)18-14-22-11-12-24(18)21(26)15-23-20(25)13-16-7-3-2-4-8-16/h2-10,18,22H,11-15H2,1H3,(H,23,25). The number of piperazine rings is 1. The van der Waals surface area contributed by atoms with Gasteiger partial charge in [0.15, 0.2) is 0 Å². The molecule has 0 bridgehead atoms. The highest BCUT2D eigenvalue weighted by Gasteiger charge is 2.29. The van der Waals surface area contributed by atoms with Crippen LogP contribution >= 0.6 is 0 Å². The van der Waals surface area contributed by atoms with E-state index in [9.17, 15) is 9.59 Å². The minimum Gasteiger partial charge on any atom is -0.496 e. The molecule has 2 N–H and O–H groups in total. The molecule has 2 aromatic carbocycles. The summed E-state index contributed by atoms with van der Waals surface area (Å²) in [4.78, 5) is 26.7. The molecule has 142 valence electrons. The van der Waals surface area contributed by atoms with Crippen LogP contribution in [-0.2, 0) is 16.0 Å². The second kappa shape index (κ2) is 9.19. The zero-order valence-electron chi connectivity index (χ0n) is 15.5. The summed E-state index contributed by atoms with van der Waals surface area (Å²) < 4.78 is 5.46. The molecule has 0 radical (unpaired) electrons. The van der Waals surface area contributed by atoms with Gasteiger partial charge in [0.1, 0.15) is 5.75 Å². The van der Waals surface area contributed by atoms with Crippen molar-refractivity contribution in [1.82, 2.24) is 15.5 Å². The number of methoxy groups -OCH3 is 1. The molecule has 1 heterocycles. The molecule has 1 aliphatic rings. The molecule has 3 rings (SSSR count). The molecular weight excluding hydrogens is 342 g/mol. The molecule has 2 amide bonds. The minimum absolute atomic E-state index is 0.00266. The Kier molecular flexibility index (Phi) is 6.44. The highest BCUT2D eigenvalue weighted by molar-refractivity contribution is 5.86. The van der Waals surface area contributed by atoms with Crippen LogP contribution in [0.5, 0.6) is 5.75 Å². The summed E-state index contributed by atoms with van der Waals surface area (Å²) in [6, 6.07) is 17.1. The number of carbonyl (C=O) groups is 2. The van der Waals surface area contributed by atoms with Crippen LogP contribution in [0.25, 0.3) is 0 Å². The molecule has 1 saturated heterocycles. The molecule has 0 saturated carbocycles. The highest BCUT2D eigenvalue weighted by atomic mass is 16.5. The van der Waals surface area contributed by atoms with Crippen molar-refractivity contribution >= 4 is 11.8 Å². The SMILES string of the molecule is COc1ccccc1C1CNCCN1C(=O)CNC(=O)Cc1ccccc1. The van der Waals surface area contributed by atoms with E-state index in [0.29, 0.717) is 13.1 Å². The first-order chi connectivity index (χ1) is 13.2. The Morgan fingerprint density at radius 3 is 2.67 bits per heavy atom. The molecule has 27 heavy (non-hydrogen) atoms. The van der Waals surface area contributed by atoms with Gasteiger partial charge in [-0.25, -0.2) is 0 Å². The number of carbonyl (C=O) groups excluding carboxylic acids is 2. The number of para-hydroxylation sites is 1. The van der Waals surface area contributed by atoms with E-state index >= 15 is 0 Å². The zero-order chi connectivity index (χ0) is 19.1. The maximum atomic E-state index is 12.8. The lowest BCUT2D eigenvalue weighted by Gasteiger charge is -2.37. The topological polar surface area (TPSA) is 70.7 Å². The van der Waals surface area contributed by atoms with Gasteiger partial charge in [-0.15, -0.1) is 0 Å². The number of nitrogens with one attached hydrogen (secondary N) is 2. The number of rotatable bonds is 6. The van der Waals surface area contributed by atoms with Gasteiger partial charge in [0, 0.05) is 25.2 Å². The van der Waals surface area contributed by atoms with Crippen molar-refractivity contribution < 1.29 is 14.3 Å². The normalized spacial score (nSPS) is 16.6. The first kappa shape index (κ1) is 18.9. The predicted molar refractivity (Wildman–Crippen MR) is 103 cm³/mol. The quantitative estimate of drug-likeness (QED) is 0.812. The van der Waals surface area contributed by atoms with Crippen molar-refractivity contribution in [2.24, 2.45) is 0 Å². The number of amides is 2. The molecule has 0 aromatic heterocycles. The summed E-state index contributed by atoms with van der Waals surface area (Å²) in [5, 5.41) is 6.08. The van der Waals surface area contributed by atoms with E-state index in [4.69, 9.17) is 4.74 Å². The Morgan fingerprint density at radius 1 is 1.15 bits per heavy atom. The van der Waals surface area contributed by atoms with Gasteiger partial charge in [0.25, 0.3) is 0 Å². The molecule has 1 unspecified atom stereocenters. The smallest absolute Gasteiger partial charge is 0.242 e. The number of benzene rings is 2. The number of nitrogens with zero attached hydrogens (tertiary/aromatic N) is 1. The monoisotopic (exact) mass is 367 g/mol. The summed E-state index contributed by atoms with van der Waals surface area (Å²) in [5.74, 6) is 0.518. The van der Waals surface area contributed by atoms with E-state index in [-0.39, 0.29) is 30.8 Å². The fourth-order valence-corrected chi connectivity index (χ4v) is 3.34. The first-order valence-corrected chi connectivity index (χ1v) is 9.12. The third-order valence-corrected chi connectivity index (χ3v) is 4.71. The Labute approximate surface area is 159 Å². The Bertz CT molecular complexity index is 779. The summed E-state index contributed by atoms with van der Waals surface area (Å²) in [6.45, 7) is 1.98. The Balaban J connectivity index is 1.62. The molecule has 1 aliphatic heterocycles. The van der Waals surface area contributed by atoms with Crippen molar-refractivity contribution in [3.05, 3.63) is 65.7 Å². The zero-order valence-corrected chi connectivity index (χ0v) is 15.5. The van der Waals surface area contributed by atoms with Gasteiger partial charge in [0.2, 0.25) is 11.8 Å². The summed E-state index contributed by atoms with van der Waals surface area (Å²) in [5.41, 5.74) is 1.90. The Morgan fingerprint density at radius 2 is 1.89 bits per heavy atom. The highest BCUT2D eigenvalue weighted by Crippen LogP contribution is 2.30. The van der Waals surface area contributed by atoms with Crippen LogP contribution < -0.4 is 15.4 Å². The van der Waals surface area contributed by atoms with Crippen molar-refractivity contribution in [3.63, 3.8) is 0 Å². The Hall–Kier alpha value is -2.86. The molecular formula is C21H25N3O3. The van der Waals surface area contributed by atoms with Crippen molar-refractivity contribution in [1.29, 1.82) is 0 Å². The lowest BCUT2D eigenvalue weighted by molar-refractivity contribution is -0.135. The van der Waals surface area contributed by atoms with Gasteiger partial charge in [-0.1, -0.05) is 48.5 Å². The molecule has 0 spiro atoms. The first-order valence-electron chi connectivity index (χ1n) is 9.12. The summed E-state index contributed by atoms with van der Waals surface area (Å²) in [6.07, 6.45) is 0.269. The van der Waals surface area contributed by atoms with E-state index in [2.05, 4.69) is 10.6 Å². The molecule has 6 nitrogen and oxygen atoms in total. The fourth-order valence-electron chi connectivity index (χ4n) is 3.34. The van der Waals surface area contributed by atoms with Crippen LogP contribution in [0, 0.1) is 0 Å². The number of hydrogen-bond acceptors (Lipinski definition) is 4. The summed E-state index contributed by atoms with van der Waals surface area (Å²) in [7, 11) is 1.63. The van der Waals surface area contributed by atoms with Gasteiger partial charge >= 0.3 is 0 Å². The number of hydrogen-bond donors (Lipinski definition) is 2. The van der Waals surface area contributed by atoms with E-state index in [1.807, 2.05) is 59.5 Å². The van der Waals surface area contributed by atoms with Crippen molar-refractivity contribution in [2.75, 3.05) is 33.3 Å². The maximum Gasteiger partial charge on any atom is 0.242 e. The lowest BCUT2D eigenvalue weighted by Crippen LogP contribution is -2.51. The third kappa shape index (κ3) is 4.86. The van der Waals surface area contributed by atoms with Crippen molar-refractivity contribution in [2.45, 2.75) is 12.5 Å². The molecule has 0 aliphatic carbocycles. The lowest BCUT2D eigenvalue weighted by atomic mass is 10.0. The largest absolute Gasteiger partial charge is 0.496 e. The van der Waals surface area contributed by atoms with Gasteiger partial charge < -0.3 is 20.3 Å². The number of ether oxygens (including phenoxy) is 1. The average molecular weight is 367 g/mol. The second-order valence-electron chi connectivity index (χ2n) is 6.49. The minimum atomic E-state index is -0.154. The summed E-state index contributed by atoms with van der Waals surface area (Å²) >= 11 is 0. The van der Waals surface area contributed by atoms with Crippen LogP contribution in [0.4, 0.5) is 0 Å². The average Bonchev–Trinajstić information content (AvgIpc) is 2.72. The van der Waals surface area contributed by atoms with E-state index < -0.39 is 0 Å². The van der Waals surface area contributed by atoms with Crippen LogP contribution in [0.1, 0.15) is 17.2 Å². The maximum absolute atomic E-state index is 12.8. The molecule has 6 heteroatoms. The molecule has 2 aromatic rings. The second-order valence-corrected chi connectivity index (χ2v) is 6.49. The van der Waals surface area contributed by atoms with E-state index in [0.717, 1.165) is 23.4 Å². The third-order valence-electron chi connectivity index (χ3n) is 4.71. The van der Waals surface area contributed by atoms with E-state index in [1.54, 1.807) is 7.11 Å². The van der Waals surface area contributed by atoms with Crippen LogP contribution in [0.3, 0.4) is 0 Å². The molecule has 1 fully saturated rings. The van der Waals surface area contributed by atoms with E-state index in [1.165, 1.54) is 0 Å². The van der Waals surface area contributed by atoms with Gasteiger partial charge in [-0.2, -0.15) is 0 Å².